The topological polar surface area (TPSA) is 78.6 Å². The third-order valence-corrected chi connectivity index (χ3v) is 5.00. The number of nitrogens with zero attached hydrogens (tertiary/aromatic N) is 4. The standard InChI is InChI=1S/C18H14ClF3N6/c19-11-1-2-14-13(5-11)15(6-16(26-14)18(20,21)22)25-10-17(8-24-9-17)28-4-3-12(7-23)27-28/h1-6,24H,8-10H2,(H,25,26). The maximum atomic E-state index is 13.3. The van der Waals surface area contributed by atoms with Gasteiger partial charge in [-0.05, 0) is 30.3 Å². The van der Waals surface area contributed by atoms with Gasteiger partial charge in [-0.3, -0.25) is 4.68 Å². The van der Waals surface area contributed by atoms with E-state index in [1.807, 2.05) is 6.07 Å². The number of benzene rings is 1. The predicted molar refractivity (Wildman–Crippen MR) is 98.0 cm³/mol. The normalized spacial score (nSPS) is 15.8. The van der Waals surface area contributed by atoms with Crippen LogP contribution in [-0.4, -0.2) is 34.4 Å². The number of fused-ring (bicyclic) bond motifs is 1. The molecule has 1 aliphatic heterocycles. The number of rotatable bonds is 4. The fourth-order valence-electron chi connectivity index (χ4n) is 3.18. The van der Waals surface area contributed by atoms with Gasteiger partial charge in [-0.2, -0.15) is 23.5 Å². The molecule has 0 unspecified atom stereocenters. The molecule has 1 saturated heterocycles. The second-order valence-corrected chi connectivity index (χ2v) is 7.09. The molecule has 0 radical (unpaired) electrons. The predicted octanol–water partition coefficient (Wildman–Crippen LogP) is 3.39. The smallest absolute Gasteiger partial charge is 0.382 e. The van der Waals surface area contributed by atoms with Crippen molar-refractivity contribution in [3.05, 3.63) is 52.9 Å². The Morgan fingerprint density at radius 2 is 2.07 bits per heavy atom. The molecular formula is C18H14ClF3N6. The van der Waals surface area contributed by atoms with E-state index in [0.717, 1.165) is 6.07 Å². The van der Waals surface area contributed by atoms with E-state index < -0.39 is 17.4 Å². The van der Waals surface area contributed by atoms with Crippen LogP contribution in [-0.2, 0) is 11.7 Å². The van der Waals surface area contributed by atoms with Crippen molar-refractivity contribution in [2.24, 2.45) is 0 Å². The minimum Gasteiger partial charge on any atom is -0.382 e. The van der Waals surface area contributed by atoms with Crippen LogP contribution in [0.4, 0.5) is 18.9 Å². The molecule has 4 rings (SSSR count). The molecule has 1 fully saturated rings. The number of nitriles is 1. The molecule has 1 aromatic carbocycles. The maximum absolute atomic E-state index is 13.3. The van der Waals surface area contributed by atoms with Crippen molar-refractivity contribution < 1.29 is 13.2 Å². The zero-order valence-electron chi connectivity index (χ0n) is 14.4. The Kier molecular flexibility index (Phi) is 4.40. The van der Waals surface area contributed by atoms with Gasteiger partial charge in [0.15, 0.2) is 5.69 Å². The molecule has 28 heavy (non-hydrogen) atoms. The summed E-state index contributed by atoms with van der Waals surface area (Å²) in [5.41, 5.74) is -0.683. The maximum Gasteiger partial charge on any atom is 0.433 e. The van der Waals surface area contributed by atoms with Crippen molar-refractivity contribution >= 4 is 28.2 Å². The van der Waals surface area contributed by atoms with E-state index in [1.54, 1.807) is 23.0 Å². The summed E-state index contributed by atoms with van der Waals surface area (Å²) in [6.07, 6.45) is -2.87. The first-order valence-electron chi connectivity index (χ1n) is 8.39. The molecule has 2 N–H and O–H groups in total. The highest BCUT2D eigenvalue weighted by Crippen LogP contribution is 2.34. The van der Waals surface area contributed by atoms with Crippen LogP contribution in [0, 0.1) is 11.3 Å². The highest BCUT2D eigenvalue weighted by Gasteiger charge is 2.40. The van der Waals surface area contributed by atoms with Gasteiger partial charge < -0.3 is 10.6 Å². The summed E-state index contributed by atoms with van der Waals surface area (Å²) in [7, 11) is 0. The zero-order valence-corrected chi connectivity index (χ0v) is 15.1. The number of nitrogens with one attached hydrogen (secondary N) is 2. The Bertz CT molecular complexity index is 1080. The highest BCUT2D eigenvalue weighted by atomic mass is 35.5. The number of halogens is 4. The van der Waals surface area contributed by atoms with Crippen LogP contribution < -0.4 is 10.6 Å². The molecule has 3 aromatic rings. The molecule has 2 aromatic heterocycles. The largest absolute Gasteiger partial charge is 0.433 e. The lowest BCUT2D eigenvalue weighted by Gasteiger charge is -2.43. The fourth-order valence-corrected chi connectivity index (χ4v) is 3.35. The summed E-state index contributed by atoms with van der Waals surface area (Å²) in [5, 5.41) is 20.4. The minimum atomic E-state index is -4.57. The molecule has 144 valence electrons. The molecular weight excluding hydrogens is 393 g/mol. The first-order chi connectivity index (χ1) is 13.3. The monoisotopic (exact) mass is 406 g/mol. The van der Waals surface area contributed by atoms with Gasteiger partial charge in [0.2, 0.25) is 0 Å². The molecule has 0 atom stereocenters. The number of aromatic nitrogens is 3. The number of alkyl halides is 3. The molecule has 0 amide bonds. The summed E-state index contributed by atoms with van der Waals surface area (Å²) < 4.78 is 41.5. The number of pyridine rings is 1. The Morgan fingerprint density at radius 3 is 2.68 bits per heavy atom. The molecule has 0 saturated carbocycles. The first-order valence-corrected chi connectivity index (χ1v) is 8.77. The van der Waals surface area contributed by atoms with E-state index in [1.165, 1.54) is 12.1 Å². The minimum absolute atomic E-state index is 0.202. The van der Waals surface area contributed by atoms with Crippen molar-refractivity contribution in [3.63, 3.8) is 0 Å². The van der Waals surface area contributed by atoms with Gasteiger partial charge in [-0.15, -0.1) is 0 Å². The lowest BCUT2D eigenvalue weighted by molar-refractivity contribution is -0.140. The van der Waals surface area contributed by atoms with Gasteiger partial charge >= 0.3 is 6.18 Å². The molecule has 0 aliphatic carbocycles. The second kappa shape index (κ2) is 6.65. The summed E-state index contributed by atoms with van der Waals surface area (Å²) in [6.45, 7) is 1.46. The molecule has 10 heteroatoms. The van der Waals surface area contributed by atoms with Gasteiger partial charge in [0.25, 0.3) is 0 Å². The SMILES string of the molecule is N#Cc1ccn(C2(CNc3cc(C(F)(F)F)nc4ccc(Cl)cc34)CNC2)n1. The summed E-state index contributed by atoms with van der Waals surface area (Å²) in [6, 6.07) is 9.12. The Morgan fingerprint density at radius 1 is 1.29 bits per heavy atom. The van der Waals surface area contributed by atoms with Crippen LogP contribution in [0.15, 0.2) is 36.5 Å². The number of anilines is 1. The van der Waals surface area contributed by atoms with E-state index in [0.29, 0.717) is 35.7 Å². The van der Waals surface area contributed by atoms with Gasteiger partial charge in [0.05, 0.1) is 5.52 Å². The Hall–Kier alpha value is -2.83. The van der Waals surface area contributed by atoms with E-state index in [4.69, 9.17) is 16.9 Å². The van der Waals surface area contributed by atoms with Crippen LogP contribution in [0.5, 0.6) is 0 Å². The van der Waals surface area contributed by atoms with E-state index in [-0.39, 0.29) is 11.2 Å². The molecule has 6 nitrogen and oxygen atoms in total. The number of hydrogen-bond acceptors (Lipinski definition) is 5. The lowest BCUT2D eigenvalue weighted by atomic mass is 9.92. The highest BCUT2D eigenvalue weighted by molar-refractivity contribution is 6.31. The van der Waals surface area contributed by atoms with Crippen LogP contribution in [0.2, 0.25) is 5.02 Å². The van der Waals surface area contributed by atoms with E-state index >= 15 is 0 Å². The third kappa shape index (κ3) is 3.25. The van der Waals surface area contributed by atoms with Crippen molar-refractivity contribution in [3.8, 4) is 6.07 Å². The zero-order chi connectivity index (χ0) is 19.9. The van der Waals surface area contributed by atoms with E-state index in [9.17, 15) is 13.2 Å². The molecule has 3 heterocycles. The van der Waals surface area contributed by atoms with Crippen LogP contribution in [0.1, 0.15) is 11.4 Å². The van der Waals surface area contributed by atoms with Gasteiger partial charge in [0.1, 0.15) is 17.3 Å². The van der Waals surface area contributed by atoms with Gasteiger partial charge in [-0.25, -0.2) is 4.98 Å². The lowest BCUT2D eigenvalue weighted by Crippen LogP contribution is -2.64. The van der Waals surface area contributed by atoms with Crippen molar-refractivity contribution in [2.75, 3.05) is 25.0 Å². The van der Waals surface area contributed by atoms with Crippen LogP contribution >= 0.6 is 11.6 Å². The second-order valence-electron chi connectivity index (χ2n) is 6.65. The first kappa shape index (κ1) is 18.5. The van der Waals surface area contributed by atoms with E-state index in [2.05, 4.69) is 20.7 Å². The third-order valence-electron chi connectivity index (χ3n) is 4.77. The van der Waals surface area contributed by atoms with Gasteiger partial charge in [0, 0.05) is 41.9 Å². The molecule has 1 aliphatic rings. The summed E-state index contributed by atoms with van der Waals surface area (Å²) >= 11 is 6.03. The summed E-state index contributed by atoms with van der Waals surface area (Å²) in [5.74, 6) is 0. The Balaban J connectivity index is 1.70. The Labute approximate surface area is 162 Å². The molecule has 0 bridgehead atoms. The van der Waals surface area contributed by atoms with Crippen molar-refractivity contribution in [2.45, 2.75) is 11.7 Å². The fraction of sp³-hybridized carbons (Fsp3) is 0.278. The quantitative estimate of drug-likeness (QED) is 0.694. The molecule has 0 spiro atoms. The average molecular weight is 407 g/mol. The summed E-state index contributed by atoms with van der Waals surface area (Å²) in [4.78, 5) is 3.71. The van der Waals surface area contributed by atoms with Crippen LogP contribution in [0.3, 0.4) is 0 Å². The average Bonchev–Trinajstić information content (AvgIpc) is 3.09. The van der Waals surface area contributed by atoms with Crippen LogP contribution in [0.25, 0.3) is 10.9 Å². The van der Waals surface area contributed by atoms with Gasteiger partial charge in [-0.1, -0.05) is 11.6 Å². The van der Waals surface area contributed by atoms with Crippen molar-refractivity contribution in [1.29, 1.82) is 5.26 Å². The number of hydrogen-bond donors (Lipinski definition) is 2. The van der Waals surface area contributed by atoms with Crippen molar-refractivity contribution in [1.82, 2.24) is 20.1 Å².